The molecule has 1 aliphatic carbocycles. The van der Waals surface area contributed by atoms with E-state index in [0.29, 0.717) is 0 Å². The van der Waals surface area contributed by atoms with Crippen molar-refractivity contribution in [2.24, 2.45) is 0 Å². The fraction of sp³-hybridized carbons (Fsp3) is 0.591. The Morgan fingerprint density at radius 3 is 2.65 bits per heavy atom. The van der Waals surface area contributed by atoms with Crippen molar-refractivity contribution < 1.29 is 4.74 Å². The first-order valence-electron chi connectivity index (χ1n) is 10.1. The second kappa shape index (κ2) is 7.83. The minimum absolute atomic E-state index is 0.116. The molecule has 4 nitrogen and oxygen atoms in total. The molecule has 0 N–H and O–H groups in total. The van der Waals surface area contributed by atoms with Gasteiger partial charge in [-0.05, 0) is 68.7 Å². The molecule has 3 heterocycles. The molecular formula is C22H29N3O. The summed E-state index contributed by atoms with van der Waals surface area (Å²) >= 11 is 0. The van der Waals surface area contributed by atoms with E-state index in [4.69, 9.17) is 9.72 Å². The first kappa shape index (κ1) is 17.6. The Labute approximate surface area is 156 Å². The molecule has 2 aliphatic rings. The second-order valence-electron chi connectivity index (χ2n) is 8.12. The quantitative estimate of drug-likeness (QED) is 0.711. The summed E-state index contributed by atoms with van der Waals surface area (Å²) < 4.78 is 6.34. The number of hydrogen-bond donors (Lipinski definition) is 0. The lowest BCUT2D eigenvalue weighted by molar-refractivity contribution is -0.104. The van der Waals surface area contributed by atoms with E-state index in [-0.39, 0.29) is 11.0 Å². The van der Waals surface area contributed by atoms with Gasteiger partial charge < -0.3 is 4.74 Å². The fourth-order valence-corrected chi connectivity index (χ4v) is 5.05. The number of rotatable bonds is 6. The van der Waals surface area contributed by atoms with Crippen LogP contribution in [0.1, 0.15) is 69.0 Å². The molecule has 1 saturated carbocycles. The normalized spacial score (nSPS) is 24.8. The van der Waals surface area contributed by atoms with Gasteiger partial charge in [-0.15, -0.1) is 0 Å². The third-order valence-electron chi connectivity index (χ3n) is 6.39. The Morgan fingerprint density at radius 2 is 1.88 bits per heavy atom. The van der Waals surface area contributed by atoms with Crippen molar-refractivity contribution in [3.8, 4) is 0 Å². The van der Waals surface area contributed by atoms with Crippen LogP contribution < -0.4 is 0 Å². The van der Waals surface area contributed by atoms with Gasteiger partial charge in [0.2, 0.25) is 0 Å². The first-order chi connectivity index (χ1) is 12.8. The van der Waals surface area contributed by atoms with Gasteiger partial charge in [-0.1, -0.05) is 25.3 Å². The van der Waals surface area contributed by atoms with Gasteiger partial charge in [0.25, 0.3) is 0 Å². The monoisotopic (exact) mass is 351 g/mol. The average Bonchev–Trinajstić information content (AvgIpc) is 3.14. The molecule has 0 radical (unpaired) electrons. The highest BCUT2D eigenvalue weighted by Crippen LogP contribution is 2.50. The third-order valence-corrected chi connectivity index (χ3v) is 6.39. The van der Waals surface area contributed by atoms with Crippen LogP contribution in [-0.4, -0.2) is 27.4 Å². The number of hydrogen-bond acceptors (Lipinski definition) is 4. The zero-order valence-electron chi connectivity index (χ0n) is 15.6. The van der Waals surface area contributed by atoms with Crippen LogP contribution in [0.2, 0.25) is 0 Å². The van der Waals surface area contributed by atoms with Gasteiger partial charge in [-0.25, -0.2) is 0 Å². The van der Waals surface area contributed by atoms with E-state index in [1.54, 1.807) is 6.20 Å². The highest BCUT2D eigenvalue weighted by atomic mass is 16.5. The molecule has 0 amide bonds. The molecular weight excluding hydrogens is 322 g/mol. The number of aryl methyl sites for hydroxylation is 1. The summed E-state index contributed by atoms with van der Waals surface area (Å²) in [7, 11) is 0. The predicted octanol–water partition coefficient (Wildman–Crippen LogP) is 4.65. The van der Waals surface area contributed by atoms with E-state index in [9.17, 15) is 0 Å². The zero-order chi connectivity index (χ0) is 17.7. The Balaban J connectivity index is 1.46. The first-order valence-corrected chi connectivity index (χ1v) is 10.1. The molecule has 1 spiro atoms. The maximum atomic E-state index is 6.34. The predicted molar refractivity (Wildman–Crippen MR) is 102 cm³/mol. The number of aromatic nitrogens is 3. The van der Waals surface area contributed by atoms with Crippen molar-refractivity contribution in [1.82, 2.24) is 15.2 Å². The lowest BCUT2D eigenvalue weighted by atomic mass is 9.67. The Kier molecular flexibility index (Phi) is 5.30. The van der Waals surface area contributed by atoms with Gasteiger partial charge in [0.15, 0.2) is 0 Å². The Bertz CT molecular complexity index is 685. The van der Waals surface area contributed by atoms with Crippen LogP contribution in [0.25, 0.3) is 0 Å². The van der Waals surface area contributed by atoms with Crippen molar-refractivity contribution >= 4 is 0 Å². The molecule has 0 aromatic carbocycles. The van der Waals surface area contributed by atoms with Crippen molar-refractivity contribution in [2.75, 3.05) is 6.61 Å². The molecule has 0 unspecified atom stereocenters. The fourth-order valence-electron chi connectivity index (χ4n) is 5.05. The summed E-state index contributed by atoms with van der Waals surface area (Å²) in [5, 5.41) is 7.85. The second-order valence-corrected chi connectivity index (χ2v) is 8.12. The van der Waals surface area contributed by atoms with Gasteiger partial charge >= 0.3 is 0 Å². The largest absolute Gasteiger partial charge is 0.375 e. The number of ether oxygens (including phenoxy) is 1. The number of pyridine rings is 1. The molecule has 1 aliphatic heterocycles. The molecule has 4 rings (SSSR count). The topological polar surface area (TPSA) is 47.9 Å². The lowest BCUT2D eigenvalue weighted by Crippen LogP contribution is -2.46. The van der Waals surface area contributed by atoms with Crippen LogP contribution in [0.15, 0.2) is 42.9 Å². The summed E-state index contributed by atoms with van der Waals surface area (Å²) in [6.45, 7) is 0.880. The average molecular weight is 351 g/mol. The number of unbranched alkanes of at least 4 members (excludes halogenated alkanes) is 1. The SMILES string of the molecule is c1ccc([C@]2(CCCCc3ccnnc3)CCOC3(CCCC3)C2)nc1. The van der Waals surface area contributed by atoms with Crippen LogP contribution in [0.4, 0.5) is 0 Å². The molecule has 2 aromatic rings. The highest BCUT2D eigenvalue weighted by molar-refractivity contribution is 5.20. The molecule has 0 bridgehead atoms. The van der Waals surface area contributed by atoms with E-state index < -0.39 is 0 Å². The third kappa shape index (κ3) is 3.80. The van der Waals surface area contributed by atoms with Crippen molar-refractivity contribution in [1.29, 1.82) is 0 Å². The van der Waals surface area contributed by atoms with E-state index in [0.717, 1.165) is 25.9 Å². The van der Waals surface area contributed by atoms with Crippen LogP contribution in [0.5, 0.6) is 0 Å². The smallest absolute Gasteiger partial charge is 0.0691 e. The van der Waals surface area contributed by atoms with Crippen molar-refractivity contribution in [3.05, 3.63) is 54.1 Å². The van der Waals surface area contributed by atoms with Crippen LogP contribution in [0, 0.1) is 0 Å². The maximum Gasteiger partial charge on any atom is 0.0691 e. The minimum Gasteiger partial charge on any atom is -0.375 e. The molecule has 26 heavy (non-hydrogen) atoms. The van der Waals surface area contributed by atoms with E-state index in [1.165, 1.54) is 56.2 Å². The van der Waals surface area contributed by atoms with Crippen molar-refractivity contribution in [3.63, 3.8) is 0 Å². The zero-order valence-corrected chi connectivity index (χ0v) is 15.6. The van der Waals surface area contributed by atoms with Crippen LogP contribution in [-0.2, 0) is 16.6 Å². The summed E-state index contributed by atoms with van der Waals surface area (Å²) in [4.78, 5) is 4.79. The van der Waals surface area contributed by atoms with Gasteiger partial charge in [0.05, 0.1) is 11.8 Å². The Morgan fingerprint density at radius 1 is 0.962 bits per heavy atom. The Hall–Kier alpha value is -1.81. The molecule has 4 heteroatoms. The molecule has 2 fully saturated rings. The van der Waals surface area contributed by atoms with Gasteiger partial charge in [-0.2, -0.15) is 10.2 Å². The minimum atomic E-state index is 0.116. The standard InChI is InChI=1S/C22H29N3O/c1(7-19-9-15-24-25-17-19)3-10-21(20-8-2-6-14-23-20)13-16-26-22(18-21)11-4-5-12-22/h2,6,8-9,14-15,17H,1,3-5,7,10-13,16,18H2/t21-/m1/s1. The molecule has 138 valence electrons. The van der Waals surface area contributed by atoms with Gasteiger partial charge in [-0.3, -0.25) is 4.98 Å². The molecule has 2 aromatic heterocycles. The number of nitrogens with zero attached hydrogens (tertiary/aromatic N) is 3. The summed E-state index contributed by atoms with van der Waals surface area (Å²) in [6, 6.07) is 8.48. The maximum absolute atomic E-state index is 6.34. The summed E-state index contributed by atoms with van der Waals surface area (Å²) in [5.74, 6) is 0. The highest BCUT2D eigenvalue weighted by Gasteiger charge is 2.48. The van der Waals surface area contributed by atoms with Crippen LogP contribution in [0.3, 0.4) is 0 Å². The van der Waals surface area contributed by atoms with Gasteiger partial charge in [0.1, 0.15) is 0 Å². The summed E-state index contributed by atoms with van der Waals surface area (Å²) in [6.07, 6.45) is 17.6. The lowest BCUT2D eigenvalue weighted by Gasteiger charge is -2.46. The molecule has 1 atom stereocenters. The van der Waals surface area contributed by atoms with E-state index in [2.05, 4.69) is 28.4 Å². The molecule has 1 saturated heterocycles. The summed E-state index contributed by atoms with van der Waals surface area (Å²) in [5.41, 5.74) is 2.86. The van der Waals surface area contributed by atoms with Crippen molar-refractivity contribution in [2.45, 2.75) is 75.2 Å². The van der Waals surface area contributed by atoms with E-state index in [1.807, 2.05) is 18.5 Å². The van der Waals surface area contributed by atoms with Crippen LogP contribution >= 0.6 is 0 Å². The van der Waals surface area contributed by atoms with Gasteiger partial charge in [0, 0.05) is 30.1 Å². The van der Waals surface area contributed by atoms with E-state index >= 15 is 0 Å².